The molecule has 0 rings (SSSR count). The molecule has 0 amide bonds. The molecule has 0 fully saturated rings. The van der Waals surface area contributed by atoms with Gasteiger partial charge in [0, 0.05) is 8.41 Å². The SMILES string of the molecule is [B].[O]=[Fe]=[O]. The van der Waals surface area contributed by atoms with E-state index in [9.17, 15) is 0 Å². The molecule has 0 atom stereocenters. The van der Waals surface area contributed by atoms with Crippen LogP contribution in [0.4, 0.5) is 0 Å². The third-order valence-electron chi connectivity index (χ3n) is 0. The molecule has 0 bridgehead atoms. The Hall–Kier alpha value is 0.184. The van der Waals surface area contributed by atoms with Gasteiger partial charge in [-0.15, -0.1) is 0 Å². The summed E-state index contributed by atoms with van der Waals surface area (Å²) in [6.45, 7) is 0. The fraction of sp³-hybridized carbons (Fsp3) is 0. The van der Waals surface area contributed by atoms with Crippen LogP contribution in [0, 0.1) is 0 Å². The molecule has 0 aliphatic carbocycles. The maximum atomic E-state index is 8.38. The molecular weight excluding hydrogens is 98.7 g/mol. The van der Waals surface area contributed by atoms with E-state index in [4.69, 9.17) is 7.67 Å². The summed E-state index contributed by atoms with van der Waals surface area (Å²) in [6.07, 6.45) is 0. The fourth-order valence-electron chi connectivity index (χ4n) is 0. The third-order valence-corrected chi connectivity index (χ3v) is 0. The molecule has 0 spiro atoms. The van der Waals surface area contributed by atoms with Crippen LogP contribution in [0.3, 0.4) is 0 Å². The van der Waals surface area contributed by atoms with E-state index in [-0.39, 0.29) is 8.41 Å². The van der Waals surface area contributed by atoms with Gasteiger partial charge in [0.2, 0.25) is 0 Å². The topological polar surface area (TPSA) is 34.1 Å². The molecule has 0 N–H and O–H groups in total. The van der Waals surface area contributed by atoms with Crippen molar-refractivity contribution in [3.63, 3.8) is 0 Å². The van der Waals surface area contributed by atoms with Crippen molar-refractivity contribution in [2.45, 2.75) is 0 Å². The molecule has 0 aliphatic rings. The Bertz CT molecular complexity index is 27.0. The molecule has 0 aromatic carbocycles. The molecule has 0 aromatic rings. The first kappa shape index (κ1) is 8.89. The first-order valence-corrected chi connectivity index (χ1v) is 1.19. The van der Waals surface area contributed by atoms with Crippen molar-refractivity contribution >= 4 is 8.41 Å². The summed E-state index contributed by atoms with van der Waals surface area (Å²) in [6, 6.07) is 0. The van der Waals surface area contributed by atoms with Gasteiger partial charge in [-0.3, -0.25) is 0 Å². The van der Waals surface area contributed by atoms with Gasteiger partial charge in [-0.25, -0.2) is 0 Å². The van der Waals surface area contributed by atoms with Crippen molar-refractivity contribution in [1.29, 1.82) is 0 Å². The van der Waals surface area contributed by atoms with Crippen LogP contribution in [0.15, 0.2) is 0 Å². The summed E-state index contributed by atoms with van der Waals surface area (Å²) < 4.78 is 16.8. The Morgan fingerprint density at radius 1 is 1.25 bits per heavy atom. The second-order valence-corrected chi connectivity index (χ2v) is 0.243. The van der Waals surface area contributed by atoms with Crippen LogP contribution in [-0.4, -0.2) is 8.41 Å². The number of hydrogen-bond acceptors (Lipinski definition) is 2. The van der Waals surface area contributed by atoms with Crippen LogP contribution in [0.2, 0.25) is 0 Å². The molecule has 2 nitrogen and oxygen atoms in total. The fourth-order valence-corrected chi connectivity index (χ4v) is 0. The van der Waals surface area contributed by atoms with Gasteiger partial charge in [-0.05, 0) is 0 Å². The molecule has 0 unspecified atom stereocenters. The van der Waals surface area contributed by atoms with Gasteiger partial charge in [-0.2, -0.15) is 0 Å². The molecule has 0 heterocycles. The third kappa shape index (κ3) is 90.1. The van der Waals surface area contributed by atoms with E-state index in [2.05, 4.69) is 0 Å². The van der Waals surface area contributed by atoms with Crippen LogP contribution < -0.4 is 0 Å². The Labute approximate surface area is 31.7 Å². The van der Waals surface area contributed by atoms with Crippen LogP contribution in [0.25, 0.3) is 0 Å². The van der Waals surface area contributed by atoms with E-state index in [1.807, 2.05) is 0 Å². The molecule has 3 radical (unpaired) electrons. The number of rotatable bonds is 0. The zero-order valence-corrected chi connectivity index (χ0v) is 2.85. The van der Waals surface area contributed by atoms with Gasteiger partial charge in [0.25, 0.3) is 0 Å². The summed E-state index contributed by atoms with van der Waals surface area (Å²) in [5, 5.41) is 0. The zero-order valence-electron chi connectivity index (χ0n) is 1.75. The molecule has 4 heavy (non-hydrogen) atoms. The quantitative estimate of drug-likeness (QED) is 0.379. The van der Waals surface area contributed by atoms with Crippen LogP contribution >= 0.6 is 0 Å². The molecule has 0 aliphatic heterocycles. The van der Waals surface area contributed by atoms with E-state index in [1.165, 1.54) is 0 Å². The van der Waals surface area contributed by atoms with E-state index in [0.717, 1.165) is 0 Å². The van der Waals surface area contributed by atoms with Gasteiger partial charge in [0.15, 0.2) is 0 Å². The molecule has 0 saturated carbocycles. The summed E-state index contributed by atoms with van der Waals surface area (Å²) in [7, 11) is 0. The standard InChI is InChI=1S/B.Fe.2O. The Kier molecular flexibility index (Phi) is 24.1. The van der Waals surface area contributed by atoms with Gasteiger partial charge < -0.3 is 0 Å². The number of hydrogen-bond donors (Lipinski definition) is 0. The maximum absolute atomic E-state index is 8.38. The summed E-state index contributed by atoms with van der Waals surface area (Å²) in [4.78, 5) is 0. The Morgan fingerprint density at radius 3 is 1.25 bits per heavy atom. The average Bonchev–Trinajstić information content (AvgIpc) is 0.918. The normalized spacial score (nSPS) is 4.00. The average molecular weight is 98.7 g/mol. The minimum absolute atomic E-state index is 0. The van der Waals surface area contributed by atoms with Crippen molar-refractivity contribution in [3.05, 3.63) is 0 Å². The van der Waals surface area contributed by atoms with E-state index >= 15 is 0 Å². The van der Waals surface area contributed by atoms with Gasteiger partial charge >= 0.3 is 22.5 Å². The predicted molar refractivity (Wildman–Crippen MR) is 7.13 cm³/mol. The van der Waals surface area contributed by atoms with Gasteiger partial charge in [0.1, 0.15) is 0 Å². The molecule has 4 heteroatoms. The van der Waals surface area contributed by atoms with Crippen LogP contribution in [-0.2, 0) is 22.5 Å². The summed E-state index contributed by atoms with van der Waals surface area (Å²) in [5.74, 6) is 0. The zero-order chi connectivity index (χ0) is 2.71. The van der Waals surface area contributed by atoms with Crippen molar-refractivity contribution in [2.75, 3.05) is 0 Å². The predicted octanol–water partition coefficient (Wildman–Crippen LogP) is -0.621. The first-order valence-electron chi connectivity index (χ1n) is 0.289. The van der Waals surface area contributed by atoms with Crippen LogP contribution in [0.5, 0.6) is 0 Å². The van der Waals surface area contributed by atoms with Crippen molar-refractivity contribution in [1.82, 2.24) is 0 Å². The second-order valence-electron chi connectivity index (χ2n) is 0.0589. The van der Waals surface area contributed by atoms with Crippen molar-refractivity contribution in [2.24, 2.45) is 0 Å². The molecule has 0 saturated heterocycles. The van der Waals surface area contributed by atoms with Crippen molar-refractivity contribution in [3.8, 4) is 0 Å². The van der Waals surface area contributed by atoms with Crippen LogP contribution in [0.1, 0.15) is 0 Å². The summed E-state index contributed by atoms with van der Waals surface area (Å²) in [5.41, 5.74) is 0. The van der Waals surface area contributed by atoms with Gasteiger partial charge in [-0.1, -0.05) is 0 Å². The van der Waals surface area contributed by atoms with Gasteiger partial charge in [0.05, 0.1) is 0 Å². The van der Waals surface area contributed by atoms with E-state index in [0.29, 0.717) is 0 Å². The van der Waals surface area contributed by atoms with E-state index in [1.54, 1.807) is 0 Å². The molecule has 23 valence electrons. The summed E-state index contributed by atoms with van der Waals surface area (Å²) >= 11 is -1.25. The first-order chi connectivity index (χ1) is 1.41. The van der Waals surface area contributed by atoms with Crippen molar-refractivity contribution < 1.29 is 22.5 Å². The minimum atomic E-state index is -1.25. The molecule has 0 aromatic heterocycles. The Morgan fingerprint density at radius 2 is 1.25 bits per heavy atom. The monoisotopic (exact) mass is 98.9 g/mol. The Balaban J connectivity index is 0. The molecular formula is BFeO2. The van der Waals surface area contributed by atoms with E-state index < -0.39 is 14.8 Å². The second kappa shape index (κ2) is 10.8.